The lowest BCUT2D eigenvalue weighted by Crippen LogP contribution is -2.22. The van der Waals surface area contributed by atoms with Gasteiger partial charge in [0, 0.05) is 11.5 Å². The first-order chi connectivity index (χ1) is 13.8. The van der Waals surface area contributed by atoms with Crippen molar-refractivity contribution in [3.8, 4) is 11.1 Å². The van der Waals surface area contributed by atoms with E-state index in [0.717, 1.165) is 18.4 Å². The molecule has 0 radical (unpaired) electrons. The summed E-state index contributed by atoms with van der Waals surface area (Å²) in [6.07, 6.45) is 3.24. The maximum absolute atomic E-state index is 14.9. The topological polar surface area (TPSA) is 9.23 Å². The first kappa shape index (κ1) is 21.1. The Bertz CT molecular complexity index is 902. The zero-order chi connectivity index (χ0) is 21.0. The Morgan fingerprint density at radius 1 is 1.00 bits per heavy atom. The van der Waals surface area contributed by atoms with Gasteiger partial charge in [-0.1, -0.05) is 67.3 Å². The number of hydrogen-bond acceptors (Lipinski definition) is 1. The van der Waals surface area contributed by atoms with Gasteiger partial charge in [-0.25, -0.2) is 4.39 Å². The standard InChI is InChI=1S/C24H22F4O/c1-3-16-5-9-18(10-6-16)21-14-12-19(23(25)22(21)24(26,27)28)11-7-17-8-13-20(4-2)29-15-17/h3-7,9-12,14,17,20H,1-2,8,13,15H2. The Hall–Kier alpha value is -2.66. The summed E-state index contributed by atoms with van der Waals surface area (Å²) in [5, 5.41) is 0. The highest BCUT2D eigenvalue weighted by molar-refractivity contribution is 5.72. The fourth-order valence-corrected chi connectivity index (χ4v) is 3.41. The van der Waals surface area contributed by atoms with Crippen LogP contribution in [0.2, 0.25) is 0 Å². The molecular formula is C24H22F4O. The molecule has 1 saturated heterocycles. The molecule has 1 aliphatic heterocycles. The van der Waals surface area contributed by atoms with E-state index >= 15 is 0 Å². The molecule has 0 aromatic heterocycles. The smallest absolute Gasteiger partial charge is 0.374 e. The van der Waals surface area contributed by atoms with E-state index in [9.17, 15) is 17.6 Å². The zero-order valence-corrected chi connectivity index (χ0v) is 15.9. The van der Waals surface area contributed by atoms with Gasteiger partial charge in [0.2, 0.25) is 0 Å². The van der Waals surface area contributed by atoms with E-state index in [-0.39, 0.29) is 23.1 Å². The summed E-state index contributed by atoms with van der Waals surface area (Å²) < 4.78 is 61.5. The van der Waals surface area contributed by atoms with Crippen LogP contribution in [0.5, 0.6) is 0 Å². The molecule has 0 bridgehead atoms. The number of benzene rings is 2. The van der Waals surface area contributed by atoms with Crippen LogP contribution in [0.25, 0.3) is 23.3 Å². The second kappa shape index (κ2) is 8.78. The van der Waals surface area contributed by atoms with Crippen molar-refractivity contribution >= 4 is 12.2 Å². The molecule has 1 heterocycles. The molecule has 2 atom stereocenters. The lowest BCUT2D eigenvalue weighted by molar-refractivity contribution is -0.139. The van der Waals surface area contributed by atoms with Gasteiger partial charge < -0.3 is 4.74 Å². The van der Waals surface area contributed by atoms with Crippen molar-refractivity contribution in [3.63, 3.8) is 0 Å². The summed E-state index contributed by atoms with van der Waals surface area (Å²) in [7, 11) is 0. The van der Waals surface area contributed by atoms with Gasteiger partial charge in [0.1, 0.15) is 5.82 Å². The van der Waals surface area contributed by atoms with Gasteiger partial charge in [-0.05, 0) is 29.5 Å². The maximum Gasteiger partial charge on any atom is 0.419 e. The Labute approximate surface area is 168 Å². The van der Waals surface area contributed by atoms with Crippen LogP contribution in [0.1, 0.15) is 29.5 Å². The molecule has 1 fully saturated rings. The van der Waals surface area contributed by atoms with Gasteiger partial charge in [-0.3, -0.25) is 0 Å². The van der Waals surface area contributed by atoms with Crippen molar-refractivity contribution in [1.82, 2.24) is 0 Å². The molecule has 3 rings (SSSR count). The predicted molar refractivity (Wildman–Crippen MR) is 109 cm³/mol. The van der Waals surface area contributed by atoms with Crippen LogP contribution < -0.4 is 0 Å². The van der Waals surface area contributed by atoms with Crippen LogP contribution in [0.15, 0.2) is 61.7 Å². The number of rotatable bonds is 5. The van der Waals surface area contributed by atoms with E-state index in [0.29, 0.717) is 12.2 Å². The van der Waals surface area contributed by atoms with Crippen LogP contribution >= 0.6 is 0 Å². The average Bonchev–Trinajstić information content (AvgIpc) is 2.72. The average molecular weight is 402 g/mol. The molecule has 2 aromatic rings. The molecule has 2 unspecified atom stereocenters. The minimum atomic E-state index is -4.81. The number of hydrogen-bond donors (Lipinski definition) is 0. The van der Waals surface area contributed by atoms with Crippen molar-refractivity contribution in [2.24, 2.45) is 5.92 Å². The lowest BCUT2D eigenvalue weighted by atomic mass is 9.94. The molecule has 0 spiro atoms. The van der Waals surface area contributed by atoms with Crippen molar-refractivity contribution in [3.05, 3.63) is 84.2 Å². The number of ether oxygens (including phenoxy) is 1. The highest BCUT2D eigenvalue weighted by Gasteiger charge is 2.38. The normalized spacial score (nSPS) is 20.0. The van der Waals surface area contributed by atoms with E-state index in [1.54, 1.807) is 30.4 Å². The van der Waals surface area contributed by atoms with Gasteiger partial charge in [0.05, 0.1) is 18.3 Å². The van der Waals surface area contributed by atoms with Crippen molar-refractivity contribution < 1.29 is 22.3 Å². The monoisotopic (exact) mass is 402 g/mol. The summed E-state index contributed by atoms with van der Waals surface area (Å²) in [5.41, 5.74) is -0.450. The Morgan fingerprint density at radius 3 is 2.28 bits per heavy atom. The van der Waals surface area contributed by atoms with E-state index in [4.69, 9.17) is 4.74 Å². The fourth-order valence-electron chi connectivity index (χ4n) is 3.41. The summed E-state index contributed by atoms with van der Waals surface area (Å²) in [6, 6.07) is 9.06. The highest BCUT2D eigenvalue weighted by Crippen LogP contribution is 2.40. The SMILES string of the molecule is C=Cc1ccc(-c2ccc(C=CC3CCC(C=C)OC3)c(F)c2C(F)(F)F)cc1. The third-order valence-corrected chi connectivity index (χ3v) is 5.07. The number of alkyl halides is 3. The van der Waals surface area contributed by atoms with E-state index < -0.39 is 17.6 Å². The predicted octanol–water partition coefficient (Wildman–Crippen LogP) is 7.15. The van der Waals surface area contributed by atoms with Crippen LogP contribution in [-0.4, -0.2) is 12.7 Å². The lowest BCUT2D eigenvalue weighted by Gasteiger charge is -2.25. The maximum atomic E-state index is 14.9. The number of halogens is 4. The molecule has 1 nitrogen and oxygen atoms in total. The van der Waals surface area contributed by atoms with E-state index in [2.05, 4.69) is 13.2 Å². The van der Waals surface area contributed by atoms with Crippen molar-refractivity contribution in [2.45, 2.75) is 25.1 Å². The van der Waals surface area contributed by atoms with E-state index in [1.165, 1.54) is 30.3 Å². The van der Waals surface area contributed by atoms with E-state index in [1.807, 2.05) is 0 Å². The molecule has 29 heavy (non-hydrogen) atoms. The Kier molecular flexibility index (Phi) is 6.38. The molecule has 152 valence electrons. The van der Waals surface area contributed by atoms with Crippen LogP contribution in [0.4, 0.5) is 17.6 Å². The third kappa shape index (κ3) is 4.85. The molecular weight excluding hydrogens is 380 g/mol. The minimum absolute atomic E-state index is 0.0000189. The van der Waals surface area contributed by atoms with Crippen LogP contribution in [0, 0.1) is 11.7 Å². The highest BCUT2D eigenvalue weighted by atomic mass is 19.4. The first-order valence-electron chi connectivity index (χ1n) is 9.38. The van der Waals surface area contributed by atoms with Gasteiger partial charge in [-0.15, -0.1) is 6.58 Å². The molecule has 2 aromatic carbocycles. The fraction of sp³-hybridized carbons (Fsp3) is 0.250. The second-order valence-electron chi connectivity index (χ2n) is 7.02. The first-order valence-corrected chi connectivity index (χ1v) is 9.38. The van der Waals surface area contributed by atoms with Gasteiger partial charge in [0.25, 0.3) is 0 Å². The summed E-state index contributed by atoms with van der Waals surface area (Å²) in [5.74, 6) is -1.23. The minimum Gasteiger partial charge on any atom is -0.374 e. The quantitative estimate of drug-likeness (QED) is 0.381. The summed E-state index contributed by atoms with van der Waals surface area (Å²) in [4.78, 5) is 0. The van der Waals surface area contributed by atoms with Gasteiger partial charge >= 0.3 is 6.18 Å². The molecule has 5 heteroatoms. The Morgan fingerprint density at radius 2 is 1.72 bits per heavy atom. The van der Waals surface area contributed by atoms with Crippen molar-refractivity contribution in [1.29, 1.82) is 0 Å². The van der Waals surface area contributed by atoms with Crippen LogP contribution in [-0.2, 0) is 10.9 Å². The summed E-state index contributed by atoms with van der Waals surface area (Å²) >= 11 is 0. The largest absolute Gasteiger partial charge is 0.419 e. The molecule has 1 aliphatic rings. The van der Waals surface area contributed by atoms with Crippen LogP contribution in [0.3, 0.4) is 0 Å². The Balaban J connectivity index is 1.93. The third-order valence-electron chi connectivity index (χ3n) is 5.07. The van der Waals surface area contributed by atoms with Crippen molar-refractivity contribution in [2.75, 3.05) is 6.61 Å². The van der Waals surface area contributed by atoms with Gasteiger partial charge in [0.15, 0.2) is 0 Å². The molecule has 0 saturated carbocycles. The molecule has 0 amide bonds. The zero-order valence-electron chi connectivity index (χ0n) is 15.9. The molecule has 0 N–H and O–H groups in total. The summed E-state index contributed by atoms with van der Waals surface area (Å²) in [6.45, 7) is 7.75. The molecule has 0 aliphatic carbocycles. The van der Waals surface area contributed by atoms with Gasteiger partial charge in [-0.2, -0.15) is 13.2 Å². The second-order valence-corrected chi connectivity index (χ2v) is 7.02.